The zero-order valence-electron chi connectivity index (χ0n) is 12.1. The number of para-hydroxylation sites is 1. The van der Waals surface area contributed by atoms with Crippen LogP contribution in [-0.2, 0) is 0 Å². The topological polar surface area (TPSA) is 36.3 Å². The average molecular weight is 278 g/mol. The maximum Gasteiger partial charge on any atom is 0.122 e. The largest absolute Gasteiger partial charge is 0.493 e. The fraction of sp³-hybridized carbons (Fsp3) is 0.278. The van der Waals surface area contributed by atoms with Crippen LogP contribution in [0.2, 0.25) is 0 Å². The number of hydrogen-bond donors (Lipinski definition) is 0. The van der Waals surface area contributed by atoms with E-state index in [-0.39, 0.29) is 0 Å². The predicted molar refractivity (Wildman–Crippen MR) is 83.7 cm³/mol. The number of likely N-dealkylation sites (N-methyl/N-ethyl adjacent to an activating group) is 1. The molecular formula is C18H18N2O. The summed E-state index contributed by atoms with van der Waals surface area (Å²) in [4.78, 5) is 2.24. The number of nitriles is 1. The summed E-state index contributed by atoms with van der Waals surface area (Å²) >= 11 is 0. The van der Waals surface area contributed by atoms with E-state index in [2.05, 4.69) is 30.1 Å². The van der Waals surface area contributed by atoms with Gasteiger partial charge in [0, 0.05) is 25.2 Å². The van der Waals surface area contributed by atoms with Crippen LogP contribution in [-0.4, -0.2) is 20.2 Å². The second kappa shape index (κ2) is 5.88. The van der Waals surface area contributed by atoms with Crippen molar-refractivity contribution in [1.82, 2.24) is 0 Å². The zero-order chi connectivity index (χ0) is 14.7. The smallest absolute Gasteiger partial charge is 0.122 e. The lowest BCUT2D eigenvalue weighted by molar-refractivity contribution is 0.268. The van der Waals surface area contributed by atoms with E-state index < -0.39 is 0 Å². The highest BCUT2D eigenvalue weighted by molar-refractivity contribution is 5.50. The highest BCUT2D eigenvalue weighted by Crippen LogP contribution is 2.34. The van der Waals surface area contributed by atoms with Crippen LogP contribution in [0.3, 0.4) is 0 Å². The first-order valence-corrected chi connectivity index (χ1v) is 7.21. The molecule has 0 aliphatic carbocycles. The molecule has 2 aromatic rings. The molecule has 21 heavy (non-hydrogen) atoms. The third kappa shape index (κ3) is 2.85. The fourth-order valence-corrected chi connectivity index (χ4v) is 2.83. The first-order valence-electron chi connectivity index (χ1n) is 7.21. The van der Waals surface area contributed by atoms with Crippen molar-refractivity contribution in [2.75, 3.05) is 25.1 Å². The molecule has 0 bridgehead atoms. The summed E-state index contributed by atoms with van der Waals surface area (Å²) in [6, 6.07) is 18.2. The van der Waals surface area contributed by atoms with Crippen LogP contribution in [0.15, 0.2) is 48.5 Å². The van der Waals surface area contributed by atoms with Gasteiger partial charge in [-0.15, -0.1) is 0 Å². The van der Waals surface area contributed by atoms with Crippen molar-refractivity contribution in [2.24, 2.45) is 0 Å². The number of rotatable bonds is 3. The molecule has 0 fully saturated rings. The van der Waals surface area contributed by atoms with Crippen molar-refractivity contribution in [3.05, 3.63) is 59.7 Å². The maximum atomic E-state index is 8.86. The number of fused-ring (bicyclic) bond motifs is 1. The lowest BCUT2D eigenvalue weighted by Crippen LogP contribution is -2.27. The molecule has 3 heteroatoms. The molecule has 3 nitrogen and oxygen atoms in total. The number of anilines is 1. The standard InChI is InChI=1S/C18H18N2O/c1-20(16-8-6-14(12-19)7-9-16)13-15-10-11-21-18-5-3-2-4-17(15)18/h2-9,15H,10-11,13H2,1H3. The van der Waals surface area contributed by atoms with Crippen molar-refractivity contribution in [3.63, 3.8) is 0 Å². The van der Waals surface area contributed by atoms with Crippen LogP contribution in [0.1, 0.15) is 23.5 Å². The Morgan fingerprint density at radius 3 is 2.71 bits per heavy atom. The maximum absolute atomic E-state index is 8.86. The Kier molecular flexibility index (Phi) is 3.79. The summed E-state index contributed by atoms with van der Waals surface area (Å²) in [5, 5.41) is 8.86. The second-order valence-electron chi connectivity index (χ2n) is 5.41. The average Bonchev–Trinajstić information content (AvgIpc) is 2.55. The van der Waals surface area contributed by atoms with E-state index in [4.69, 9.17) is 10.00 Å². The number of hydrogen-bond acceptors (Lipinski definition) is 3. The Labute approximate surface area is 125 Å². The lowest BCUT2D eigenvalue weighted by atomic mass is 9.92. The summed E-state index contributed by atoms with van der Waals surface area (Å²) < 4.78 is 5.72. The van der Waals surface area contributed by atoms with Gasteiger partial charge in [0.05, 0.1) is 18.2 Å². The molecular weight excluding hydrogens is 260 g/mol. The van der Waals surface area contributed by atoms with E-state index in [1.54, 1.807) is 0 Å². The summed E-state index contributed by atoms with van der Waals surface area (Å²) in [7, 11) is 2.10. The van der Waals surface area contributed by atoms with E-state index >= 15 is 0 Å². The molecule has 0 N–H and O–H groups in total. The minimum absolute atomic E-state index is 0.482. The van der Waals surface area contributed by atoms with Crippen LogP contribution in [0.5, 0.6) is 5.75 Å². The fourth-order valence-electron chi connectivity index (χ4n) is 2.83. The predicted octanol–water partition coefficient (Wildman–Crippen LogP) is 3.56. The first-order chi connectivity index (χ1) is 10.3. The van der Waals surface area contributed by atoms with E-state index in [1.807, 2.05) is 36.4 Å². The van der Waals surface area contributed by atoms with Gasteiger partial charge < -0.3 is 9.64 Å². The van der Waals surface area contributed by atoms with Gasteiger partial charge >= 0.3 is 0 Å². The molecule has 1 atom stereocenters. The SMILES string of the molecule is CN(CC1CCOc2ccccc21)c1ccc(C#N)cc1. The minimum Gasteiger partial charge on any atom is -0.493 e. The number of benzene rings is 2. The highest BCUT2D eigenvalue weighted by atomic mass is 16.5. The zero-order valence-corrected chi connectivity index (χ0v) is 12.1. The quantitative estimate of drug-likeness (QED) is 0.861. The second-order valence-corrected chi connectivity index (χ2v) is 5.41. The van der Waals surface area contributed by atoms with Gasteiger partial charge in [0.1, 0.15) is 5.75 Å². The van der Waals surface area contributed by atoms with Crippen LogP contribution >= 0.6 is 0 Å². The molecule has 0 saturated carbocycles. The van der Waals surface area contributed by atoms with Crippen molar-refractivity contribution in [1.29, 1.82) is 5.26 Å². The molecule has 0 spiro atoms. The Bertz CT molecular complexity index is 658. The Hall–Kier alpha value is -2.47. The van der Waals surface area contributed by atoms with Crippen molar-refractivity contribution < 1.29 is 4.74 Å². The van der Waals surface area contributed by atoms with E-state index in [9.17, 15) is 0 Å². The van der Waals surface area contributed by atoms with Gasteiger partial charge in [-0.2, -0.15) is 5.26 Å². The molecule has 0 radical (unpaired) electrons. The van der Waals surface area contributed by atoms with Crippen LogP contribution in [0.25, 0.3) is 0 Å². The monoisotopic (exact) mass is 278 g/mol. The van der Waals surface area contributed by atoms with E-state index in [0.717, 1.165) is 31.0 Å². The molecule has 0 amide bonds. The van der Waals surface area contributed by atoms with Gasteiger partial charge in [-0.25, -0.2) is 0 Å². The molecule has 0 saturated heterocycles. The van der Waals surface area contributed by atoms with Crippen molar-refractivity contribution in [2.45, 2.75) is 12.3 Å². The number of nitrogens with zero attached hydrogens (tertiary/aromatic N) is 2. The Morgan fingerprint density at radius 2 is 1.95 bits per heavy atom. The van der Waals surface area contributed by atoms with Gasteiger partial charge in [-0.05, 0) is 42.3 Å². The normalized spacial score (nSPS) is 16.5. The van der Waals surface area contributed by atoms with Crippen LogP contribution in [0.4, 0.5) is 5.69 Å². The van der Waals surface area contributed by atoms with Crippen molar-refractivity contribution in [3.8, 4) is 11.8 Å². The molecule has 106 valence electrons. The van der Waals surface area contributed by atoms with Crippen molar-refractivity contribution >= 4 is 5.69 Å². The lowest BCUT2D eigenvalue weighted by Gasteiger charge is -2.30. The van der Waals surface area contributed by atoms with E-state index in [1.165, 1.54) is 5.56 Å². The Balaban J connectivity index is 1.76. The molecule has 1 aliphatic rings. The summed E-state index contributed by atoms with van der Waals surface area (Å²) in [5.74, 6) is 1.50. The van der Waals surface area contributed by atoms with Gasteiger partial charge in [-0.1, -0.05) is 18.2 Å². The summed E-state index contributed by atoms with van der Waals surface area (Å²) in [5.41, 5.74) is 3.13. The minimum atomic E-state index is 0.482. The molecule has 1 heterocycles. The number of ether oxygens (including phenoxy) is 1. The molecule has 3 rings (SSSR count). The van der Waals surface area contributed by atoms with Crippen LogP contribution < -0.4 is 9.64 Å². The molecule has 2 aromatic carbocycles. The summed E-state index contributed by atoms with van der Waals surface area (Å²) in [6.07, 6.45) is 1.04. The van der Waals surface area contributed by atoms with Crippen LogP contribution in [0, 0.1) is 11.3 Å². The van der Waals surface area contributed by atoms with Gasteiger partial charge in [0.15, 0.2) is 0 Å². The molecule has 0 aromatic heterocycles. The van der Waals surface area contributed by atoms with Gasteiger partial charge in [0.2, 0.25) is 0 Å². The Morgan fingerprint density at radius 1 is 1.19 bits per heavy atom. The third-order valence-electron chi connectivity index (χ3n) is 4.01. The van der Waals surface area contributed by atoms with Gasteiger partial charge in [-0.3, -0.25) is 0 Å². The molecule has 1 aliphatic heterocycles. The van der Waals surface area contributed by atoms with Gasteiger partial charge in [0.25, 0.3) is 0 Å². The van der Waals surface area contributed by atoms with E-state index in [0.29, 0.717) is 11.5 Å². The highest BCUT2D eigenvalue weighted by Gasteiger charge is 2.22. The summed E-state index contributed by atoms with van der Waals surface area (Å²) in [6.45, 7) is 1.73. The molecule has 1 unspecified atom stereocenters. The first kappa shape index (κ1) is 13.5. The third-order valence-corrected chi connectivity index (χ3v) is 4.01.